The molecule has 0 fully saturated rings. The number of nitrogen functional groups attached to an aromatic ring is 1. The van der Waals surface area contributed by atoms with Crippen LogP contribution in [0.15, 0.2) is 30.5 Å². The van der Waals surface area contributed by atoms with Gasteiger partial charge in [0.1, 0.15) is 23.0 Å². The van der Waals surface area contributed by atoms with Crippen LogP contribution in [0, 0.1) is 5.82 Å². The minimum atomic E-state index is -0.355. The molecule has 0 aliphatic heterocycles. The number of aryl methyl sites for hydroxylation is 1. The zero-order valence-electron chi connectivity index (χ0n) is 10.1. The molecule has 96 valence electrons. The first-order chi connectivity index (χ1) is 9.18. The molecule has 3 aromatic rings. The van der Waals surface area contributed by atoms with Crippen molar-refractivity contribution in [2.45, 2.75) is 0 Å². The Kier molecular flexibility index (Phi) is 2.52. The highest BCUT2D eigenvalue weighted by Crippen LogP contribution is 2.35. The fraction of sp³-hybridized carbons (Fsp3) is 0.0833. The Morgan fingerprint density at radius 1 is 1.32 bits per heavy atom. The van der Waals surface area contributed by atoms with Gasteiger partial charge in [-0.25, -0.2) is 4.39 Å². The molecule has 0 spiro atoms. The van der Waals surface area contributed by atoms with Crippen molar-refractivity contribution in [2.24, 2.45) is 7.05 Å². The number of anilines is 1. The smallest absolute Gasteiger partial charge is 0.133 e. The fourth-order valence-electron chi connectivity index (χ4n) is 1.96. The maximum absolute atomic E-state index is 13.9. The first-order valence-corrected chi connectivity index (χ1v) is 5.62. The molecule has 0 atom stereocenters. The van der Waals surface area contributed by atoms with E-state index in [1.807, 2.05) is 0 Å². The predicted octanol–water partition coefficient (Wildman–Crippen LogP) is 1.59. The van der Waals surface area contributed by atoms with Crippen LogP contribution in [0.2, 0.25) is 0 Å². The van der Waals surface area contributed by atoms with Crippen LogP contribution < -0.4 is 5.73 Å². The highest BCUT2D eigenvalue weighted by Gasteiger charge is 2.21. The lowest BCUT2D eigenvalue weighted by Crippen LogP contribution is -1.98. The molecule has 6 nitrogen and oxygen atoms in total. The van der Waals surface area contributed by atoms with E-state index in [-0.39, 0.29) is 5.82 Å². The van der Waals surface area contributed by atoms with E-state index in [0.29, 0.717) is 28.3 Å². The van der Waals surface area contributed by atoms with E-state index < -0.39 is 0 Å². The third kappa shape index (κ3) is 1.75. The van der Waals surface area contributed by atoms with Crippen LogP contribution >= 0.6 is 0 Å². The summed E-state index contributed by atoms with van der Waals surface area (Å²) in [5.41, 5.74) is 7.92. The van der Waals surface area contributed by atoms with Crippen molar-refractivity contribution < 1.29 is 4.39 Å². The Balaban J connectivity index is 2.29. The lowest BCUT2D eigenvalue weighted by Gasteiger charge is -2.03. The molecular weight excluding hydrogens is 247 g/mol. The summed E-state index contributed by atoms with van der Waals surface area (Å²) in [5.74, 6) is 0.0232. The van der Waals surface area contributed by atoms with Crippen LogP contribution in [0.3, 0.4) is 0 Å². The molecule has 1 aromatic carbocycles. The maximum Gasteiger partial charge on any atom is 0.133 e. The van der Waals surface area contributed by atoms with Crippen LogP contribution in [-0.4, -0.2) is 25.2 Å². The highest BCUT2D eigenvalue weighted by atomic mass is 19.1. The summed E-state index contributed by atoms with van der Waals surface area (Å²) in [6.07, 6.45) is 1.52. The number of aromatic nitrogens is 5. The zero-order valence-corrected chi connectivity index (χ0v) is 10.1. The molecule has 19 heavy (non-hydrogen) atoms. The highest BCUT2D eigenvalue weighted by molar-refractivity contribution is 5.87. The standard InChI is InChI=1S/C12H11FN6/c1-19-12(14)10(7-4-2-3-5-8(7)13)11(17-19)9-6-15-18-16-9/h2-6H,14H2,1H3,(H,15,16,18). The average molecular weight is 258 g/mol. The molecule has 0 aliphatic rings. The monoisotopic (exact) mass is 258 g/mol. The van der Waals surface area contributed by atoms with Crippen LogP contribution in [0.25, 0.3) is 22.5 Å². The number of H-pyrrole nitrogens is 1. The number of nitrogens with zero attached hydrogens (tertiary/aromatic N) is 4. The van der Waals surface area contributed by atoms with E-state index in [1.165, 1.54) is 16.9 Å². The first-order valence-electron chi connectivity index (χ1n) is 5.62. The summed E-state index contributed by atoms with van der Waals surface area (Å²) in [6.45, 7) is 0. The van der Waals surface area contributed by atoms with Crippen LogP contribution in [0.5, 0.6) is 0 Å². The second-order valence-electron chi connectivity index (χ2n) is 4.07. The number of hydrogen-bond acceptors (Lipinski definition) is 4. The van der Waals surface area contributed by atoms with Crippen molar-refractivity contribution in [3.05, 3.63) is 36.3 Å². The van der Waals surface area contributed by atoms with Gasteiger partial charge < -0.3 is 5.73 Å². The second-order valence-corrected chi connectivity index (χ2v) is 4.07. The summed E-state index contributed by atoms with van der Waals surface area (Å²) >= 11 is 0. The van der Waals surface area contributed by atoms with Crippen LogP contribution in [0.4, 0.5) is 10.2 Å². The Morgan fingerprint density at radius 3 is 2.79 bits per heavy atom. The van der Waals surface area contributed by atoms with E-state index in [4.69, 9.17) is 5.73 Å². The molecule has 7 heteroatoms. The number of rotatable bonds is 2. The van der Waals surface area contributed by atoms with Gasteiger partial charge in [0.25, 0.3) is 0 Å². The Bertz CT molecular complexity index is 716. The van der Waals surface area contributed by atoms with Crippen molar-refractivity contribution in [2.75, 3.05) is 5.73 Å². The van der Waals surface area contributed by atoms with Gasteiger partial charge in [-0.3, -0.25) is 4.68 Å². The molecule has 0 saturated carbocycles. The zero-order chi connectivity index (χ0) is 13.4. The summed E-state index contributed by atoms with van der Waals surface area (Å²) in [5, 5.41) is 14.5. The number of hydrogen-bond donors (Lipinski definition) is 2. The molecule has 0 amide bonds. The van der Waals surface area contributed by atoms with Gasteiger partial charge in [0.05, 0.1) is 11.8 Å². The van der Waals surface area contributed by atoms with Crippen molar-refractivity contribution in [1.29, 1.82) is 0 Å². The summed E-state index contributed by atoms with van der Waals surface area (Å²) in [4.78, 5) is 0. The number of nitrogens with one attached hydrogen (secondary N) is 1. The Labute approximate surface area is 108 Å². The summed E-state index contributed by atoms with van der Waals surface area (Å²) in [6, 6.07) is 6.42. The average Bonchev–Trinajstić information content (AvgIpc) is 3.01. The van der Waals surface area contributed by atoms with Gasteiger partial charge in [0.2, 0.25) is 0 Å². The molecular formula is C12H11FN6. The minimum absolute atomic E-state index is 0.355. The van der Waals surface area contributed by atoms with Gasteiger partial charge in [-0.05, 0) is 6.07 Å². The first kappa shape index (κ1) is 11.4. The van der Waals surface area contributed by atoms with E-state index in [0.717, 1.165) is 0 Å². The lowest BCUT2D eigenvalue weighted by atomic mass is 10.0. The Morgan fingerprint density at radius 2 is 2.11 bits per heavy atom. The van der Waals surface area contributed by atoms with Crippen molar-refractivity contribution in [3.63, 3.8) is 0 Å². The fourth-order valence-corrected chi connectivity index (χ4v) is 1.96. The third-order valence-corrected chi connectivity index (χ3v) is 2.89. The van der Waals surface area contributed by atoms with E-state index in [2.05, 4.69) is 20.5 Å². The van der Waals surface area contributed by atoms with Crippen LogP contribution in [0.1, 0.15) is 0 Å². The SMILES string of the molecule is Cn1nc(-c2cn[nH]n2)c(-c2ccccc2F)c1N. The third-order valence-electron chi connectivity index (χ3n) is 2.89. The van der Waals surface area contributed by atoms with Gasteiger partial charge >= 0.3 is 0 Å². The summed E-state index contributed by atoms with van der Waals surface area (Å²) in [7, 11) is 1.70. The molecule has 2 heterocycles. The second kappa shape index (κ2) is 4.20. The molecule has 0 radical (unpaired) electrons. The molecule has 0 bridgehead atoms. The molecule has 2 aromatic heterocycles. The number of nitrogens with two attached hydrogens (primary N) is 1. The van der Waals surface area contributed by atoms with Gasteiger partial charge in [-0.2, -0.15) is 20.5 Å². The van der Waals surface area contributed by atoms with Crippen molar-refractivity contribution in [1.82, 2.24) is 25.2 Å². The van der Waals surface area contributed by atoms with Gasteiger partial charge in [0, 0.05) is 12.6 Å². The summed E-state index contributed by atoms with van der Waals surface area (Å²) < 4.78 is 15.4. The van der Waals surface area contributed by atoms with Crippen molar-refractivity contribution >= 4 is 5.82 Å². The van der Waals surface area contributed by atoms with Gasteiger partial charge in [-0.15, -0.1) is 0 Å². The number of halogens is 1. The van der Waals surface area contributed by atoms with Gasteiger partial charge in [0.15, 0.2) is 0 Å². The molecule has 0 saturated heterocycles. The van der Waals surface area contributed by atoms with Crippen LogP contribution in [-0.2, 0) is 7.05 Å². The number of aromatic amines is 1. The normalized spacial score (nSPS) is 10.8. The maximum atomic E-state index is 13.9. The molecule has 3 rings (SSSR count). The largest absolute Gasteiger partial charge is 0.383 e. The minimum Gasteiger partial charge on any atom is -0.383 e. The predicted molar refractivity (Wildman–Crippen MR) is 68.4 cm³/mol. The number of benzene rings is 1. The topological polar surface area (TPSA) is 85.4 Å². The molecule has 0 unspecified atom stereocenters. The quantitative estimate of drug-likeness (QED) is 0.731. The van der Waals surface area contributed by atoms with E-state index in [1.54, 1.807) is 25.2 Å². The lowest BCUT2D eigenvalue weighted by molar-refractivity contribution is 0.631. The van der Waals surface area contributed by atoms with E-state index >= 15 is 0 Å². The van der Waals surface area contributed by atoms with E-state index in [9.17, 15) is 4.39 Å². The molecule has 3 N–H and O–H groups in total. The van der Waals surface area contributed by atoms with Crippen molar-refractivity contribution in [3.8, 4) is 22.5 Å². The Hall–Kier alpha value is -2.70. The van der Waals surface area contributed by atoms with Gasteiger partial charge in [-0.1, -0.05) is 18.2 Å². The molecule has 0 aliphatic carbocycles.